The lowest BCUT2D eigenvalue weighted by Crippen LogP contribution is -2.21. The van der Waals surface area contributed by atoms with Gasteiger partial charge in [-0.2, -0.15) is 0 Å². The van der Waals surface area contributed by atoms with Crippen molar-refractivity contribution in [3.63, 3.8) is 0 Å². The average molecular weight is 313 g/mol. The first-order chi connectivity index (χ1) is 11.0. The summed E-state index contributed by atoms with van der Waals surface area (Å²) in [5, 5.41) is 13.0. The lowest BCUT2D eigenvalue weighted by Gasteiger charge is -2.09. The van der Waals surface area contributed by atoms with Gasteiger partial charge in [-0.15, -0.1) is 0 Å². The summed E-state index contributed by atoms with van der Waals surface area (Å²) in [6, 6.07) is 10.8. The Balaban J connectivity index is 1.80. The SMILES string of the molecule is Cc1ccc(O)c2nc(CNCc3ccc(F)cc3)cc(=O)n12. The van der Waals surface area contributed by atoms with E-state index in [-0.39, 0.29) is 22.8 Å². The van der Waals surface area contributed by atoms with Gasteiger partial charge in [0.2, 0.25) is 0 Å². The lowest BCUT2D eigenvalue weighted by atomic mass is 10.2. The fourth-order valence-electron chi connectivity index (χ4n) is 2.42. The first-order valence-electron chi connectivity index (χ1n) is 7.21. The van der Waals surface area contributed by atoms with Gasteiger partial charge in [-0.05, 0) is 36.8 Å². The van der Waals surface area contributed by atoms with Crippen molar-refractivity contribution >= 4 is 5.65 Å². The van der Waals surface area contributed by atoms with Crippen LogP contribution in [0.4, 0.5) is 4.39 Å². The Morgan fingerprint density at radius 3 is 2.65 bits per heavy atom. The zero-order chi connectivity index (χ0) is 16.4. The molecule has 0 atom stereocenters. The summed E-state index contributed by atoms with van der Waals surface area (Å²) in [6.07, 6.45) is 0. The summed E-state index contributed by atoms with van der Waals surface area (Å²) in [4.78, 5) is 16.5. The predicted octanol–water partition coefficient (Wildman–Crippen LogP) is 2.14. The van der Waals surface area contributed by atoms with Crippen molar-refractivity contribution in [3.05, 3.63) is 75.6 Å². The van der Waals surface area contributed by atoms with Gasteiger partial charge in [-0.25, -0.2) is 9.37 Å². The van der Waals surface area contributed by atoms with Crippen LogP contribution in [0.25, 0.3) is 5.65 Å². The molecule has 23 heavy (non-hydrogen) atoms. The molecule has 6 heteroatoms. The first kappa shape index (κ1) is 15.2. The third-order valence-electron chi connectivity index (χ3n) is 3.58. The molecule has 0 aliphatic carbocycles. The zero-order valence-electron chi connectivity index (χ0n) is 12.6. The number of fused-ring (bicyclic) bond motifs is 1. The monoisotopic (exact) mass is 313 g/mol. The molecule has 2 heterocycles. The van der Waals surface area contributed by atoms with Gasteiger partial charge in [0.05, 0.1) is 5.69 Å². The molecule has 0 fully saturated rings. The molecule has 0 saturated carbocycles. The number of aromatic hydroxyl groups is 1. The molecule has 3 rings (SSSR count). The van der Waals surface area contributed by atoms with Crippen LogP contribution in [0.15, 0.2) is 47.3 Å². The minimum Gasteiger partial charge on any atom is -0.504 e. The highest BCUT2D eigenvalue weighted by molar-refractivity contribution is 5.53. The smallest absolute Gasteiger partial charge is 0.258 e. The minimum atomic E-state index is -0.274. The normalized spacial score (nSPS) is 11.0. The van der Waals surface area contributed by atoms with Crippen molar-refractivity contribution in [2.75, 3.05) is 0 Å². The van der Waals surface area contributed by atoms with Crippen LogP contribution >= 0.6 is 0 Å². The molecule has 0 radical (unpaired) electrons. The second-order valence-corrected chi connectivity index (χ2v) is 5.33. The van der Waals surface area contributed by atoms with E-state index < -0.39 is 0 Å². The Morgan fingerprint density at radius 2 is 1.91 bits per heavy atom. The number of aryl methyl sites for hydroxylation is 1. The van der Waals surface area contributed by atoms with E-state index in [0.29, 0.717) is 24.5 Å². The number of nitrogens with one attached hydrogen (secondary N) is 1. The van der Waals surface area contributed by atoms with Gasteiger partial charge < -0.3 is 10.4 Å². The first-order valence-corrected chi connectivity index (χ1v) is 7.21. The molecule has 0 spiro atoms. The molecule has 0 aliphatic rings. The summed E-state index contributed by atoms with van der Waals surface area (Å²) in [6.45, 7) is 2.68. The molecule has 0 bridgehead atoms. The molecule has 5 nitrogen and oxygen atoms in total. The van der Waals surface area contributed by atoms with E-state index in [2.05, 4.69) is 10.3 Å². The van der Waals surface area contributed by atoms with Crippen molar-refractivity contribution in [2.24, 2.45) is 0 Å². The van der Waals surface area contributed by atoms with E-state index in [4.69, 9.17) is 0 Å². The van der Waals surface area contributed by atoms with Gasteiger partial charge in [0.25, 0.3) is 5.56 Å². The van der Waals surface area contributed by atoms with Crippen LogP contribution in [0, 0.1) is 12.7 Å². The van der Waals surface area contributed by atoms with Gasteiger partial charge in [-0.1, -0.05) is 12.1 Å². The van der Waals surface area contributed by atoms with Crippen LogP contribution in [0.2, 0.25) is 0 Å². The van der Waals surface area contributed by atoms with Crippen LogP contribution in [0.1, 0.15) is 17.0 Å². The molecule has 2 N–H and O–H groups in total. The summed E-state index contributed by atoms with van der Waals surface area (Å²) in [5.41, 5.74) is 2.19. The Kier molecular flexibility index (Phi) is 4.08. The molecule has 0 saturated heterocycles. The maximum absolute atomic E-state index is 12.8. The molecule has 0 amide bonds. The maximum atomic E-state index is 12.8. The summed E-state index contributed by atoms with van der Waals surface area (Å²) < 4.78 is 14.2. The van der Waals surface area contributed by atoms with Crippen molar-refractivity contribution in [3.8, 4) is 5.75 Å². The third-order valence-corrected chi connectivity index (χ3v) is 3.58. The highest BCUT2D eigenvalue weighted by Gasteiger charge is 2.08. The van der Waals surface area contributed by atoms with Gasteiger partial charge >= 0.3 is 0 Å². The highest BCUT2D eigenvalue weighted by Crippen LogP contribution is 2.16. The van der Waals surface area contributed by atoms with Crippen molar-refractivity contribution in [2.45, 2.75) is 20.0 Å². The molecule has 118 valence electrons. The third kappa shape index (κ3) is 3.22. The number of rotatable bonds is 4. The molecular formula is C17H16FN3O2. The fourth-order valence-corrected chi connectivity index (χ4v) is 2.42. The molecule has 0 aliphatic heterocycles. The maximum Gasteiger partial charge on any atom is 0.258 e. The number of aromatic nitrogens is 2. The van der Waals surface area contributed by atoms with E-state index in [1.165, 1.54) is 28.7 Å². The zero-order valence-corrected chi connectivity index (χ0v) is 12.6. The van der Waals surface area contributed by atoms with Crippen LogP contribution in [0.5, 0.6) is 5.75 Å². The number of hydrogen-bond acceptors (Lipinski definition) is 4. The Labute approximate surface area is 132 Å². The number of nitrogens with zero attached hydrogens (tertiary/aromatic N) is 2. The second kappa shape index (κ2) is 6.18. The standard InChI is InChI=1S/C17H16FN3O2/c1-11-2-7-15(22)17-20-14(8-16(23)21(11)17)10-19-9-12-3-5-13(18)6-4-12/h2-8,19,22H,9-10H2,1H3. The van der Waals surface area contributed by atoms with Crippen LogP contribution in [-0.4, -0.2) is 14.5 Å². The van der Waals surface area contributed by atoms with Crippen LogP contribution in [0.3, 0.4) is 0 Å². The lowest BCUT2D eigenvalue weighted by molar-refractivity contribution is 0.476. The highest BCUT2D eigenvalue weighted by atomic mass is 19.1. The Bertz CT molecular complexity index is 904. The van der Waals surface area contributed by atoms with Crippen LogP contribution < -0.4 is 10.9 Å². The van der Waals surface area contributed by atoms with Gasteiger partial charge in [-0.3, -0.25) is 9.20 Å². The van der Waals surface area contributed by atoms with Crippen molar-refractivity contribution < 1.29 is 9.50 Å². The predicted molar refractivity (Wildman–Crippen MR) is 84.8 cm³/mol. The van der Waals surface area contributed by atoms with Gasteiger partial charge in [0.15, 0.2) is 11.4 Å². The Morgan fingerprint density at radius 1 is 1.17 bits per heavy atom. The van der Waals surface area contributed by atoms with Gasteiger partial charge in [0, 0.05) is 24.8 Å². The molecule has 0 unspecified atom stereocenters. The average Bonchev–Trinajstić information content (AvgIpc) is 2.53. The molecule has 1 aromatic carbocycles. The van der Waals surface area contributed by atoms with Crippen LogP contribution in [-0.2, 0) is 13.1 Å². The molecule has 2 aromatic heterocycles. The van der Waals surface area contributed by atoms with Crippen molar-refractivity contribution in [1.82, 2.24) is 14.7 Å². The molecular weight excluding hydrogens is 297 g/mol. The van der Waals surface area contributed by atoms with E-state index in [9.17, 15) is 14.3 Å². The van der Waals surface area contributed by atoms with E-state index in [1.807, 2.05) is 0 Å². The molecule has 3 aromatic rings. The number of pyridine rings is 1. The number of halogens is 1. The quantitative estimate of drug-likeness (QED) is 0.774. The second-order valence-electron chi connectivity index (χ2n) is 5.33. The van der Waals surface area contributed by atoms with E-state index in [1.54, 1.807) is 25.1 Å². The fraction of sp³-hybridized carbons (Fsp3) is 0.176. The number of benzene rings is 1. The summed E-state index contributed by atoms with van der Waals surface area (Å²) in [7, 11) is 0. The Hall–Kier alpha value is -2.73. The number of hydrogen-bond donors (Lipinski definition) is 2. The largest absolute Gasteiger partial charge is 0.504 e. The van der Waals surface area contributed by atoms with Crippen molar-refractivity contribution in [1.29, 1.82) is 0 Å². The summed E-state index contributed by atoms with van der Waals surface area (Å²) >= 11 is 0. The summed E-state index contributed by atoms with van der Waals surface area (Å²) in [5.74, 6) is -0.308. The van der Waals surface area contributed by atoms with E-state index in [0.717, 1.165) is 5.56 Å². The topological polar surface area (TPSA) is 66.6 Å². The minimum absolute atomic E-state index is 0.0342. The van der Waals surface area contributed by atoms with Gasteiger partial charge in [0.1, 0.15) is 5.82 Å². The van der Waals surface area contributed by atoms with E-state index >= 15 is 0 Å².